The van der Waals surface area contributed by atoms with Gasteiger partial charge in [-0.2, -0.15) is 0 Å². The molecule has 2 N–H and O–H groups in total. The van der Waals surface area contributed by atoms with Crippen LogP contribution in [0.5, 0.6) is 11.5 Å². The average molecular weight is 346 g/mol. The molecule has 0 saturated heterocycles. The average Bonchev–Trinajstić information content (AvgIpc) is 2.64. The fourth-order valence-corrected chi connectivity index (χ4v) is 3.38. The van der Waals surface area contributed by atoms with Gasteiger partial charge in [-0.15, -0.1) is 0 Å². The fraction of sp³-hybridized carbons (Fsp3) is 0.250. The first-order valence-corrected chi connectivity index (χ1v) is 9.04. The van der Waals surface area contributed by atoms with Crippen LogP contribution in [0.25, 0.3) is 0 Å². The predicted molar refractivity (Wildman–Crippen MR) is 107 cm³/mol. The Morgan fingerprint density at radius 2 is 1.12 bits per heavy atom. The molecule has 0 aromatic heterocycles. The van der Waals surface area contributed by atoms with E-state index in [1.807, 2.05) is 24.3 Å². The lowest BCUT2D eigenvalue weighted by molar-refractivity contribution is 0.474. The van der Waals surface area contributed by atoms with Crippen molar-refractivity contribution < 1.29 is 10.2 Å². The highest BCUT2D eigenvalue weighted by Gasteiger charge is 2.23. The van der Waals surface area contributed by atoms with Crippen molar-refractivity contribution in [3.63, 3.8) is 0 Å². The highest BCUT2D eigenvalue weighted by atomic mass is 16.3. The minimum atomic E-state index is -0.119. The van der Waals surface area contributed by atoms with Crippen molar-refractivity contribution in [2.45, 2.75) is 38.5 Å². The molecule has 0 aliphatic rings. The molecule has 1 unspecified atom stereocenters. The van der Waals surface area contributed by atoms with E-state index in [1.165, 1.54) is 22.3 Å². The van der Waals surface area contributed by atoms with E-state index in [0.717, 1.165) is 6.42 Å². The first-order chi connectivity index (χ1) is 12.4. The van der Waals surface area contributed by atoms with Gasteiger partial charge >= 0.3 is 0 Å². The summed E-state index contributed by atoms with van der Waals surface area (Å²) in [6.07, 6.45) is 0.945. The molecule has 1 atom stereocenters. The lowest BCUT2D eigenvalue weighted by Gasteiger charge is -2.26. The number of hydrogen-bond donors (Lipinski definition) is 2. The number of rotatable bonds is 5. The molecule has 3 aromatic carbocycles. The summed E-state index contributed by atoms with van der Waals surface area (Å²) in [7, 11) is 0. The van der Waals surface area contributed by atoms with Crippen molar-refractivity contribution in [2.24, 2.45) is 0 Å². The Hall–Kier alpha value is -2.74. The van der Waals surface area contributed by atoms with Crippen LogP contribution in [0.3, 0.4) is 0 Å². The second kappa shape index (κ2) is 7.25. The van der Waals surface area contributed by atoms with Crippen molar-refractivity contribution >= 4 is 0 Å². The Bertz CT molecular complexity index is 844. The predicted octanol–water partition coefficient (Wildman–Crippen LogP) is 5.77. The van der Waals surface area contributed by atoms with Crippen molar-refractivity contribution in [2.75, 3.05) is 0 Å². The third-order valence-electron chi connectivity index (χ3n) is 5.27. The van der Waals surface area contributed by atoms with Gasteiger partial charge in [0, 0.05) is 5.41 Å². The smallest absolute Gasteiger partial charge is 0.115 e. The van der Waals surface area contributed by atoms with Crippen LogP contribution in [-0.4, -0.2) is 10.2 Å². The van der Waals surface area contributed by atoms with E-state index >= 15 is 0 Å². The van der Waals surface area contributed by atoms with Crippen LogP contribution < -0.4 is 0 Å². The van der Waals surface area contributed by atoms with Gasteiger partial charge in [-0.25, -0.2) is 0 Å². The molecule has 0 spiro atoms. The first-order valence-electron chi connectivity index (χ1n) is 9.04. The number of phenols is 2. The second-order valence-corrected chi connectivity index (χ2v) is 7.57. The SMILES string of the molecule is CC(Cc1ccc(O)cc1)c1ccc(C(C)(C)c2ccc(O)cc2)cc1. The summed E-state index contributed by atoms with van der Waals surface area (Å²) in [5, 5.41) is 18.9. The van der Waals surface area contributed by atoms with Crippen LogP contribution in [0.4, 0.5) is 0 Å². The quantitative estimate of drug-likeness (QED) is 0.616. The van der Waals surface area contributed by atoms with Crippen LogP contribution in [0, 0.1) is 0 Å². The minimum absolute atomic E-state index is 0.119. The monoisotopic (exact) mass is 346 g/mol. The normalized spacial score (nSPS) is 12.7. The van der Waals surface area contributed by atoms with Crippen LogP contribution in [0.1, 0.15) is 48.9 Å². The Morgan fingerprint density at radius 3 is 1.62 bits per heavy atom. The van der Waals surface area contributed by atoms with Gasteiger partial charge in [-0.05, 0) is 58.9 Å². The third-order valence-corrected chi connectivity index (χ3v) is 5.27. The lowest BCUT2D eigenvalue weighted by atomic mass is 9.77. The Labute approximate surface area is 155 Å². The van der Waals surface area contributed by atoms with Gasteiger partial charge in [0.2, 0.25) is 0 Å². The maximum atomic E-state index is 9.51. The molecule has 2 nitrogen and oxygen atoms in total. The van der Waals surface area contributed by atoms with Crippen molar-refractivity contribution in [1.29, 1.82) is 0 Å². The van der Waals surface area contributed by atoms with Gasteiger partial charge in [-0.3, -0.25) is 0 Å². The van der Waals surface area contributed by atoms with E-state index in [2.05, 4.69) is 45.0 Å². The largest absolute Gasteiger partial charge is 0.508 e. The number of benzene rings is 3. The van der Waals surface area contributed by atoms with E-state index in [4.69, 9.17) is 0 Å². The molecule has 0 amide bonds. The van der Waals surface area contributed by atoms with Crippen molar-refractivity contribution in [1.82, 2.24) is 0 Å². The lowest BCUT2D eigenvalue weighted by Crippen LogP contribution is -2.18. The van der Waals surface area contributed by atoms with Crippen LogP contribution in [-0.2, 0) is 11.8 Å². The standard InChI is InChI=1S/C24H26O2/c1-17(16-18-4-12-22(25)13-5-18)19-6-8-20(9-7-19)24(2,3)21-10-14-23(26)15-11-21/h4-15,17,25-26H,16H2,1-3H3. The van der Waals surface area contributed by atoms with Gasteiger partial charge in [0.25, 0.3) is 0 Å². The molecular formula is C24H26O2. The van der Waals surface area contributed by atoms with E-state index < -0.39 is 0 Å². The Balaban J connectivity index is 1.76. The molecule has 0 fully saturated rings. The number of hydrogen-bond acceptors (Lipinski definition) is 2. The maximum Gasteiger partial charge on any atom is 0.115 e. The summed E-state index contributed by atoms with van der Waals surface area (Å²) >= 11 is 0. The molecule has 3 rings (SSSR count). The molecule has 0 radical (unpaired) electrons. The van der Waals surface area contributed by atoms with Gasteiger partial charge in [0.05, 0.1) is 0 Å². The zero-order valence-corrected chi connectivity index (χ0v) is 15.6. The molecule has 0 bridgehead atoms. The molecule has 26 heavy (non-hydrogen) atoms. The zero-order valence-electron chi connectivity index (χ0n) is 15.6. The molecule has 0 heterocycles. The molecule has 134 valence electrons. The van der Waals surface area contributed by atoms with E-state index in [9.17, 15) is 10.2 Å². The highest BCUT2D eigenvalue weighted by molar-refractivity contribution is 5.41. The second-order valence-electron chi connectivity index (χ2n) is 7.57. The summed E-state index contributed by atoms with van der Waals surface area (Å²) in [5.74, 6) is 1.01. The maximum absolute atomic E-state index is 9.51. The number of phenolic OH excluding ortho intramolecular Hbond substituents is 2. The van der Waals surface area contributed by atoms with Crippen LogP contribution >= 0.6 is 0 Å². The Morgan fingerprint density at radius 1 is 0.692 bits per heavy atom. The van der Waals surface area contributed by atoms with Crippen molar-refractivity contribution in [3.8, 4) is 11.5 Å². The Kier molecular flexibility index (Phi) is 5.03. The number of aromatic hydroxyl groups is 2. The topological polar surface area (TPSA) is 40.5 Å². The highest BCUT2D eigenvalue weighted by Crippen LogP contribution is 2.33. The van der Waals surface area contributed by atoms with Crippen LogP contribution in [0.15, 0.2) is 72.8 Å². The molecule has 3 aromatic rings. The minimum Gasteiger partial charge on any atom is -0.508 e. The third kappa shape index (κ3) is 3.91. The summed E-state index contributed by atoms with van der Waals surface area (Å²) in [6.45, 7) is 6.63. The molecular weight excluding hydrogens is 320 g/mol. The zero-order chi connectivity index (χ0) is 18.7. The summed E-state index contributed by atoms with van der Waals surface area (Å²) in [6, 6.07) is 23.7. The van der Waals surface area contributed by atoms with Crippen molar-refractivity contribution in [3.05, 3.63) is 95.1 Å². The summed E-state index contributed by atoms with van der Waals surface area (Å²) in [5.41, 5.74) is 4.85. The molecule has 2 heteroatoms. The van der Waals surface area contributed by atoms with Gasteiger partial charge in [0.15, 0.2) is 0 Å². The fourth-order valence-electron chi connectivity index (χ4n) is 3.38. The summed E-state index contributed by atoms with van der Waals surface area (Å²) < 4.78 is 0. The van der Waals surface area contributed by atoms with E-state index in [1.54, 1.807) is 24.3 Å². The van der Waals surface area contributed by atoms with E-state index in [0.29, 0.717) is 17.4 Å². The molecule has 0 aliphatic carbocycles. The first kappa shape index (κ1) is 18.1. The molecule has 0 aliphatic heterocycles. The van der Waals surface area contributed by atoms with Crippen LogP contribution in [0.2, 0.25) is 0 Å². The van der Waals surface area contributed by atoms with Gasteiger partial charge < -0.3 is 10.2 Å². The summed E-state index contributed by atoms with van der Waals surface area (Å²) in [4.78, 5) is 0. The van der Waals surface area contributed by atoms with Gasteiger partial charge in [0.1, 0.15) is 11.5 Å². The van der Waals surface area contributed by atoms with Gasteiger partial charge in [-0.1, -0.05) is 69.3 Å². The molecule has 0 saturated carbocycles. The van der Waals surface area contributed by atoms with E-state index in [-0.39, 0.29) is 5.41 Å².